The van der Waals surface area contributed by atoms with Crippen LogP contribution >= 0.6 is 0 Å². The summed E-state index contributed by atoms with van der Waals surface area (Å²) in [6, 6.07) is 22.3. The molecule has 1 saturated heterocycles. The van der Waals surface area contributed by atoms with Gasteiger partial charge in [0.05, 0.1) is 18.8 Å². The van der Waals surface area contributed by atoms with Crippen LogP contribution in [0.15, 0.2) is 72.8 Å². The van der Waals surface area contributed by atoms with Crippen LogP contribution in [0.1, 0.15) is 22.0 Å². The molecular formula is C23H21NO4. The van der Waals surface area contributed by atoms with Crippen LogP contribution in [0.5, 0.6) is 0 Å². The zero-order valence-electron chi connectivity index (χ0n) is 15.4. The molecule has 4 rings (SSSR count). The number of rotatable bonds is 4. The highest BCUT2D eigenvalue weighted by molar-refractivity contribution is 6.05. The van der Waals surface area contributed by atoms with Crippen molar-refractivity contribution in [3.8, 4) is 0 Å². The first-order valence-electron chi connectivity index (χ1n) is 9.34. The largest absolute Gasteiger partial charge is 0.444 e. The fraction of sp³-hybridized carbons (Fsp3) is 0.217. The number of fused-ring (bicyclic) bond motifs is 1. The number of esters is 1. The summed E-state index contributed by atoms with van der Waals surface area (Å²) >= 11 is 0. The summed E-state index contributed by atoms with van der Waals surface area (Å²) in [5.41, 5.74) is 1.11. The number of hydrogen-bond donors (Lipinski definition) is 0. The molecule has 0 aliphatic carbocycles. The first kappa shape index (κ1) is 18.2. The Labute approximate surface area is 163 Å². The van der Waals surface area contributed by atoms with Crippen molar-refractivity contribution in [2.45, 2.75) is 6.10 Å². The molecule has 3 aromatic rings. The van der Waals surface area contributed by atoms with E-state index in [1.54, 1.807) is 23.1 Å². The topological polar surface area (TPSA) is 55.8 Å². The Morgan fingerprint density at radius 2 is 1.54 bits per heavy atom. The molecule has 0 aromatic heterocycles. The van der Waals surface area contributed by atoms with Gasteiger partial charge < -0.3 is 14.4 Å². The third-order valence-electron chi connectivity index (χ3n) is 4.88. The van der Waals surface area contributed by atoms with Gasteiger partial charge >= 0.3 is 5.97 Å². The third-order valence-corrected chi connectivity index (χ3v) is 4.88. The maximum Gasteiger partial charge on any atom is 0.339 e. The van der Waals surface area contributed by atoms with Crippen LogP contribution in [0, 0.1) is 0 Å². The standard InChI is InChI=1S/C23H21NO4/c25-22(24-13-15-27-16-14-24)21(18-8-2-1-3-9-18)28-23(26)20-12-6-10-17-7-4-5-11-19(17)20/h1-12,21H,13-16H2/t21-/m0/s1. The van der Waals surface area contributed by atoms with E-state index in [1.807, 2.05) is 54.6 Å². The van der Waals surface area contributed by atoms with E-state index in [2.05, 4.69) is 0 Å². The molecule has 1 aliphatic rings. The predicted octanol–water partition coefficient (Wildman–Crippen LogP) is 3.60. The number of amides is 1. The quantitative estimate of drug-likeness (QED) is 0.654. The minimum absolute atomic E-state index is 0.219. The summed E-state index contributed by atoms with van der Waals surface area (Å²) in [4.78, 5) is 27.8. The second-order valence-electron chi connectivity index (χ2n) is 6.66. The normalized spacial score (nSPS) is 15.2. The van der Waals surface area contributed by atoms with Crippen LogP contribution in [-0.2, 0) is 14.3 Å². The van der Waals surface area contributed by atoms with Gasteiger partial charge in [-0.15, -0.1) is 0 Å². The van der Waals surface area contributed by atoms with E-state index in [4.69, 9.17) is 9.47 Å². The maximum absolute atomic E-state index is 13.1. The Morgan fingerprint density at radius 3 is 2.32 bits per heavy atom. The van der Waals surface area contributed by atoms with Crippen LogP contribution in [0.2, 0.25) is 0 Å². The molecule has 28 heavy (non-hydrogen) atoms. The average Bonchev–Trinajstić information content (AvgIpc) is 2.77. The lowest BCUT2D eigenvalue weighted by Gasteiger charge is -2.30. The van der Waals surface area contributed by atoms with Crippen molar-refractivity contribution in [1.82, 2.24) is 4.90 Å². The molecule has 0 unspecified atom stereocenters. The van der Waals surface area contributed by atoms with Gasteiger partial charge in [0, 0.05) is 18.7 Å². The molecule has 5 nitrogen and oxygen atoms in total. The predicted molar refractivity (Wildman–Crippen MR) is 106 cm³/mol. The van der Waals surface area contributed by atoms with E-state index in [0.717, 1.165) is 10.8 Å². The average molecular weight is 375 g/mol. The number of benzene rings is 3. The zero-order chi connectivity index (χ0) is 19.3. The summed E-state index contributed by atoms with van der Waals surface area (Å²) in [7, 11) is 0. The highest BCUT2D eigenvalue weighted by Crippen LogP contribution is 2.25. The molecule has 0 saturated carbocycles. The number of carbonyl (C=O) groups is 2. The van der Waals surface area contributed by atoms with Gasteiger partial charge in [0.2, 0.25) is 6.10 Å². The second kappa shape index (κ2) is 8.23. The Morgan fingerprint density at radius 1 is 0.857 bits per heavy atom. The smallest absolute Gasteiger partial charge is 0.339 e. The number of hydrogen-bond acceptors (Lipinski definition) is 4. The van der Waals surface area contributed by atoms with Crippen LogP contribution in [0.25, 0.3) is 10.8 Å². The van der Waals surface area contributed by atoms with Crippen molar-refractivity contribution < 1.29 is 19.1 Å². The molecule has 1 heterocycles. The van der Waals surface area contributed by atoms with E-state index in [-0.39, 0.29) is 5.91 Å². The van der Waals surface area contributed by atoms with Crippen molar-refractivity contribution in [3.05, 3.63) is 83.9 Å². The summed E-state index contributed by atoms with van der Waals surface area (Å²) in [5, 5.41) is 1.76. The Hall–Kier alpha value is -3.18. The SMILES string of the molecule is O=C(O[C@H](C(=O)N1CCOCC1)c1ccccc1)c1cccc2ccccc12. The molecule has 142 valence electrons. The van der Waals surface area contributed by atoms with Crippen LogP contribution in [0.3, 0.4) is 0 Å². The van der Waals surface area contributed by atoms with Gasteiger partial charge in [0.1, 0.15) is 0 Å². The molecule has 1 atom stereocenters. The minimum atomic E-state index is -0.981. The van der Waals surface area contributed by atoms with Gasteiger partial charge in [-0.2, -0.15) is 0 Å². The third kappa shape index (κ3) is 3.75. The zero-order valence-corrected chi connectivity index (χ0v) is 15.4. The van der Waals surface area contributed by atoms with E-state index >= 15 is 0 Å². The van der Waals surface area contributed by atoms with E-state index in [1.165, 1.54) is 0 Å². The van der Waals surface area contributed by atoms with Gasteiger partial charge in [0.25, 0.3) is 5.91 Å². The molecule has 0 radical (unpaired) electrons. The minimum Gasteiger partial charge on any atom is -0.444 e. The van der Waals surface area contributed by atoms with Crippen molar-refractivity contribution >= 4 is 22.6 Å². The van der Waals surface area contributed by atoms with E-state index in [0.29, 0.717) is 37.4 Å². The van der Waals surface area contributed by atoms with Gasteiger partial charge in [-0.05, 0) is 16.8 Å². The summed E-state index contributed by atoms with van der Waals surface area (Å²) in [5.74, 6) is -0.727. The highest BCUT2D eigenvalue weighted by Gasteiger charge is 2.31. The Kier molecular flexibility index (Phi) is 5.35. The van der Waals surface area contributed by atoms with Gasteiger partial charge in [-0.25, -0.2) is 4.79 Å². The summed E-state index contributed by atoms with van der Waals surface area (Å²) < 4.78 is 11.1. The first-order valence-corrected chi connectivity index (χ1v) is 9.34. The van der Waals surface area contributed by atoms with Gasteiger partial charge in [0.15, 0.2) is 0 Å². The van der Waals surface area contributed by atoms with Crippen molar-refractivity contribution in [3.63, 3.8) is 0 Å². The van der Waals surface area contributed by atoms with Crippen LogP contribution < -0.4 is 0 Å². The maximum atomic E-state index is 13.1. The monoisotopic (exact) mass is 375 g/mol. The van der Waals surface area contributed by atoms with E-state index < -0.39 is 12.1 Å². The number of ether oxygens (including phenoxy) is 2. The van der Waals surface area contributed by atoms with Crippen molar-refractivity contribution in [2.24, 2.45) is 0 Å². The molecule has 0 bridgehead atoms. The molecule has 3 aromatic carbocycles. The molecule has 0 N–H and O–H groups in total. The lowest BCUT2D eigenvalue weighted by molar-refractivity contribution is -0.145. The Bertz CT molecular complexity index is 975. The van der Waals surface area contributed by atoms with E-state index in [9.17, 15) is 9.59 Å². The van der Waals surface area contributed by atoms with Gasteiger partial charge in [-0.3, -0.25) is 4.79 Å². The fourth-order valence-corrected chi connectivity index (χ4v) is 3.41. The lowest BCUT2D eigenvalue weighted by atomic mass is 10.0. The van der Waals surface area contributed by atoms with Crippen molar-refractivity contribution in [2.75, 3.05) is 26.3 Å². The highest BCUT2D eigenvalue weighted by atomic mass is 16.5. The Balaban J connectivity index is 1.65. The van der Waals surface area contributed by atoms with Crippen LogP contribution in [0.4, 0.5) is 0 Å². The number of morpholine rings is 1. The molecular weight excluding hydrogens is 354 g/mol. The first-order chi connectivity index (χ1) is 13.7. The van der Waals surface area contributed by atoms with Crippen LogP contribution in [-0.4, -0.2) is 43.1 Å². The number of carbonyl (C=O) groups excluding carboxylic acids is 2. The summed E-state index contributed by atoms with van der Waals surface area (Å²) in [6.45, 7) is 1.97. The fourth-order valence-electron chi connectivity index (χ4n) is 3.41. The molecule has 1 aliphatic heterocycles. The molecule has 1 fully saturated rings. The molecule has 5 heteroatoms. The number of nitrogens with zero attached hydrogens (tertiary/aromatic N) is 1. The lowest BCUT2D eigenvalue weighted by Crippen LogP contribution is -2.44. The molecule has 1 amide bonds. The summed E-state index contributed by atoms with van der Waals surface area (Å²) in [6.07, 6.45) is -0.981. The van der Waals surface area contributed by atoms with Gasteiger partial charge in [-0.1, -0.05) is 66.7 Å². The second-order valence-corrected chi connectivity index (χ2v) is 6.66. The molecule has 0 spiro atoms. The van der Waals surface area contributed by atoms with Crippen molar-refractivity contribution in [1.29, 1.82) is 0 Å².